The largest absolute Gasteiger partial charge is 0.372 e. The van der Waals surface area contributed by atoms with Crippen molar-refractivity contribution in [1.29, 1.82) is 5.26 Å². The minimum absolute atomic E-state index is 0.172. The number of unbranched alkanes of at least 4 members (excludes halogenated alkanes) is 1. The summed E-state index contributed by atoms with van der Waals surface area (Å²) in [6.45, 7) is 4.20. The molecule has 2 nitrogen and oxygen atoms in total. The normalized spacial score (nSPS) is 9.76. The lowest BCUT2D eigenvalue weighted by molar-refractivity contribution is 0.505. The van der Waals surface area contributed by atoms with E-state index in [1.165, 1.54) is 12.1 Å². The zero-order valence-electron chi connectivity index (χ0n) is 9.71. The smallest absolute Gasteiger partial charge is 0.183 e. The van der Waals surface area contributed by atoms with E-state index in [2.05, 4.69) is 6.58 Å². The summed E-state index contributed by atoms with van der Waals surface area (Å²) in [5.41, 5.74) is -0.101. The van der Waals surface area contributed by atoms with Gasteiger partial charge in [-0.3, -0.25) is 0 Å². The zero-order valence-corrected chi connectivity index (χ0v) is 9.71. The van der Waals surface area contributed by atoms with Gasteiger partial charge in [0, 0.05) is 13.6 Å². The van der Waals surface area contributed by atoms with Gasteiger partial charge in [-0.1, -0.05) is 6.08 Å². The van der Waals surface area contributed by atoms with E-state index in [4.69, 9.17) is 5.26 Å². The molecule has 0 spiro atoms. The van der Waals surface area contributed by atoms with Gasteiger partial charge in [0.25, 0.3) is 0 Å². The second-order valence-electron chi connectivity index (χ2n) is 3.72. The summed E-state index contributed by atoms with van der Waals surface area (Å²) in [6, 6.07) is 4.32. The molecule has 0 saturated carbocycles. The molecule has 0 amide bonds. The molecule has 0 bridgehead atoms. The number of nitrogens with zero attached hydrogens (tertiary/aromatic N) is 2. The molecule has 90 valence electrons. The summed E-state index contributed by atoms with van der Waals surface area (Å²) in [4.78, 5) is 1.63. The molecule has 0 aliphatic rings. The van der Waals surface area contributed by atoms with Gasteiger partial charge in [0.2, 0.25) is 0 Å². The fourth-order valence-corrected chi connectivity index (χ4v) is 1.51. The molecule has 0 atom stereocenters. The summed E-state index contributed by atoms with van der Waals surface area (Å²) in [7, 11) is 1.69. The van der Waals surface area contributed by atoms with E-state index in [9.17, 15) is 8.78 Å². The van der Waals surface area contributed by atoms with Crippen molar-refractivity contribution in [1.82, 2.24) is 0 Å². The van der Waals surface area contributed by atoms with Gasteiger partial charge in [0.15, 0.2) is 11.6 Å². The highest BCUT2D eigenvalue weighted by Crippen LogP contribution is 2.23. The molecule has 0 radical (unpaired) electrons. The monoisotopic (exact) mass is 236 g/mol. The van der Waals surface area contributed by atoms with Gasteiger partial charge >= 0.3 is 0 Å². The Morgan fingerprint density at radius 1 is 1.41 bits per heavy atom. The predicted octanol–water partition coefficient (Wildman–Crippen LogP) is 3.24. The molecule has 1 rings (SSSR count). The van der Waals surface area contributed by atoms with E-state index in [0.717, 1.165) is 12.8 Å². The van der Waals surface area contributed by atoms with Crippen molar-refractivity contribution in [2.75, 3.05) is 18.5 Å². The Hall–Kier alpha value is -1.89. The van der Waals surface area contributed by atoms with Gasteiger partial charge in [0.1, 0.15) is 6.07 Å². The van der Waals surface area contributed by atoms with Crippen molar-refractivity contribution < 1.29 is 8.78 Å². The van der Waals surface area contributed by atoms with Crippen molar-refractivity contribution in [3.8, 4) is 6.07 Å². The van der Waals surface area contributed by atoms with E-state index in [1.54, 1.807) is 24.1 Å². The number of hydrogen-bond donors (Lipinski definition) is 0. The second kappa shape index (κ2) is 6.00. The third-order valence-electron chi connectivity index (χ3n) is 2.50. The highest BCUT2D eigenvalue weighted by atomic mass is 19.2. The van der Waals surface area contributed by atoms with Crippen molar-refractivity contribution in [3.05, 3.63) is 42.0 Å². The molecule has 1 aromatic carbocycles. The number of nitriles is 1. The van der Waals surface area contributed by atoms with Gasteiger partial charge < -0.3 is 4.90 Å². The van der Waals surface area contributed by atoms with E-state index in [0.29, 0.717) is 6.54 Å². The van der Waals surface area contributed by atoms with Crippen LogP contribution >= 0.6 is 0 Å². The van der Waals surface area contributed by atoms with E-state index < -0.39 is 11.6 Å². The lowest BCUT2D eigenvalue weighted by Gasteiger charge is -2.19. The third-order valence-corrected chi connectivity index (χ3v) is 2.50. The molecule has 0 aromatic heterocycles. The van der Waals surface area contributed by atoms with Crippen LogP contribution in [0, 0.1) is 23.0 Å². The highest BCUT2D eigenvalue weighted by molar-refractivity contribution is 5.51. The van der Waals surface area contributed by atoms with Crippen molar-refractivity contribution in [2.45, 2.75) is 12.8 Å². The quantitative estimate of drug-likeness (QED) is 0.579. The van der Waals surface area contributed by atoms with Crippen LogP contribution in [0.2, 0.25) is 0 Å². The average Bonchev–Trinajstić information content (AvgIpc) is 2.32. The maximum absolute atomic E-state index is 13.6. The Kier molecular flexibility index (Phi) is 4.65. The molecule has 0 unspecified atom stereocenters. The van der Waals surface area contributed by atoms with Crippen LogP contribution in [0.15, 0.2) is 24.8 Å². The van der Waals surface area contributed by atoms with Crippen LogP contribution in [0.25, 0.3) is 0 Å². The number of halogens is 2. The Balaban J connectivity index is 2.88. The Morgan fingerprint density at radius 2 is 2.12 bits per heavy atom. The molecular formula is C13H14F2N2. The first-order valence-corrected chi connectivity index (χ1v) is 5.32. The van der Waals surface area contributed by atoms with Crippen molar-refractivity contribution >= 4 is 5.69 Å². The molecule has 0 aliphatic heterocycles. The number of allylic oxidation sites excluding steroid dienone is 1. The van der Waals surface area contributed by atoms with E-state index in [-0.39, 0.29) is 11.3 Å². The van der Waals surface area contributed by atoms with Gasteiger partial charge in [-0.05, 0) is 25.0 Å². The minimum Gasteiger partial charge on any atom is -0.372 e. The summed E-state index contributed by atoms with van der Waals surface area (Å²) in [6.07, 6.45) is 3.43. The summed E-state index contributed by atoms with van der Waals surface area (Å²) in [5.74, 6) is -2.05. The van der Waals surface area contributed by atoms with Crippen LogP contribution in [0.5, 0.6) is 0 Å². The Bertz CT molecular complexity index is 449. The van der Waals surface area contributed by atoms with Crippen molar-refractivity contribution in [2.24, 2.45) is 0 Å². The fourth-order valence-electron chi connectivity index (χ4n) is 1.51. The maximum Gasteiger partial charge on any atom is 0.183 e. The van der Waals surface area contributed by atoms with Crippen LogP contribution < -0.4 is 4.90 Å². The highest BCUT2D eigenvalue weighted by Gasteiger charge is 2.15. The standard InChI is InChI=1S/C13H14F2N2/c1-3-4-5-8-17(2)11-7-6-10(9-16)12(14)13(11)15/h3,6-7H,1,4-5,8H2,2H3. The van der Waals surface area contributed by atoms with Crippen LogP contribution in [0.1, 0.15) is 18.4 Å². The summed E-state index contributed by atoms with van der Waals surface area (Å²) in [5, 5.41) is 8.56. The van der Waals surface area contributed by atoms with Crippen LogP contribution in [0.3, 0.4) is 0 Å². The minimum atomic E-state index is -1.08. The number of benzene rings is 1. The van der Waals surface area contributed by atoms with E-state index in [1.807, 2.05) is 0 Å². The van der Waals surface area contributed by atoms with Gasteiger partial charge in [-0.2, -0.15) is 5.26 Å². The lowest BCUT2D eigenvalue weighted by Crippen LogP contribution is -2.20. The number of rotatable bonds is 5. The molecule has 0 N–H and O–H groups in total. The van der Waals surface area contributed by atoms with Gasteiger partial charge in [0.05, 0.1) is 11.3 Å². The molecule has 0 fully saturated rings. The second-order valence-corrected chi connectivity index (χ2v) is 3.72. The van der Waals surface area contributed by atoms with Crippen LogP contribution in [-0.2, 0) is 0 Å². The Labute approximate surface area is 99.8 Å². The zero-order chi connectivity index (χ0) is 12.8. The number of hydrogen-bond acceptors (Lipinski definition) is 2. The van der Waals surface area contributed by atoms with Crippen LogP contribution in [-0.4, -0.2) is 13.6 Å². The summed E-state index contributed by atoms with van der Waals surface area (Å²) >= 11 is 0. The predicted molar refractivity (Wildman–Crippen MR) is 63.8 cm³/mol. The fraction of sp³-hybridized carbons (Fsp3) is 0.308. The molecule has 1 aromatic rings. The molecular weight excluding hydrogens is 222 g/mol. The van der Waals surface area contributed by atoms with Crippen LogP contribution in [0.4, 0.5) is 14.5 Å². The van der Waals surface area contributed by atoms with E-state index >= 15 is 0 Å². The third kappa shape index (κ3) is 3.04. The maximum atomic E-state index is 13.6. The molecule has 17 heavy (non-hydrogen) atoms. The van der Waals surface area contributed by atoms with Gasteiger partial charge in [-0.25, -0.2) is 8.78 Å². The van der Waals surface area contributed by atoms with Gasteiger partial charge in [-0.15, -0.1) is 6.58 Å². The lowest BCUT2D eigenvalue weighted by atomic mass is 10.2. The topological polar surface area (TPSA) is 27.0 Å². The Morgan fingerprint density at radius 3 is 2.71 bits per heavy atom. The average molecular weight is 236 g/mol. The first kappa shape index (κ1) is 13.2. The number of anilines is 1. The molecule has 0 saturated heterocycles. The molecule has 0 aliphatic carbocycles. The first-order chi connectivity index (χ1) is 8.11. The summed E-state index contributed by atoms with van der Waals surface area (Å²) < 4.78 is 27.0. The molecule has 0 heterocycles. The first-order valence-electron chi connectivity index (χ1n) is 5.32. The molecule has 4 heteroatoms. The SMILES string of the molecule is C=CCCCN(C)c1ccc(C#N)c(F)c1F. The van der Waals surface area contributed by atoms with Crippen molar-refractivity contribution in [3.63, 3.8) is 0 Å².